The van der Waals surface area contributed by atoms with Crippen LogP contribution in [0.3, 0.4) is 0 Å². The molecule has 1 N–H and O–H groups in total. The van der Waals surface area contributed by atoms with Crippen LogP contribution in [0.2, 0.25) is 0 Å². The molecule has 0 aromatic rings. The molecule has 21 heavy (non-hydrogen) atoms. The zero-order valence-corrected chi connectivity index (χ0v) is 14.1. The van der Waals surface area contributed by atoms with Gasteiger partial charge in [-0.2, -0.15) is 0 Å². The monoisotopic (exact) mass is 290 g/mol. The zero-order valence-electron chi connectivity index (χ0n) is 14.1. The smallest absolute Gasteiger partial charge is 0.0217 e. The standard InChI is InChI=1S/C19H34N2/c1-3-18-4-5-21(13-14(2)12-20-18)19-9-15-6-16(10-19)8-17(7-15)11-19/h14-18,20H,3-13H2,1-2H3. The number of hydrogen-bond acceptors (Lipinski definition) is 2. The Morgan fingerprint density at radius 2 is 1.67 bits per heavy atom. The predicted octanol–water partition coefficient (Wildman–Crippen LogP) is 3.67. The van der Waals surface area contributed by atoms with Crippen LogP contribution in [-0.4, -0.2) is 36.1 Å². The minimum absolute atomic E-state index is 0.624. The van der Waals surface area contributed by atoms with Crippen molar-refractivity contribution < 1.29 is 0 Å². The highest BCUT2D eigenvalue weighted by Crippen LogP contribution is 2.57. The molecular formula is C19H34N2. The van der Waals surface area contributed by atoms with Gasteiger partial charge in [0.15, 0.2) is 0 Å². The van der Waals surface area contributed by atoms with E-state index in [0.29, 0.717) is 5.54 Å². The number of hydrogen-bond donors (Lipinski definition) is 1. The first kappa shape index (κ1) is 14.5. The molecule has 1 saturated heterocycles. The average Bonchev–Trinajstić information content (AvgIpc) is 2.41. The molecule has 5 fully saturated rings. The van der Waals surface area contributed by atoms with Crippen LogP contribution < -0.4 is 5.32 Å². The quantitative estimate of drug-likeness (QED) is 0.835. The number of rotatable bonds is 2. The highest BCUT2D eigenvalue weighted by atomic mass is 15.2. The molecule has 0 aromatic carbocycles. The third-order valence-corrected chi connectivity index (χ3v) is 7.20. The van der Waals surface area contributed by atoms with E-state index in [2.05, 4.69) is 24.1 Å². The number of nitrogens with one attached hydrogen (secondary N) is 1. The van der Waals surface area contributed by atoms with E-state index in [9.17, 15) is 0 Å². The fourth-order valence-electron chi connectivity index (χ4n) is 6.55. The molecule has 2 heteroatoms. The van der Waals surface area contributed by atoms with Crippen LogP contribution in [0.25, 0.3) is 0 Å². The molecule has 5 aliphatic rings. The summed E-state index contributed by atoms with van der Waals surface area (Å²) in [6.45, 7) is 8.72. The highest BCUT2D eigenvalue weighted by Gasteiger charge is 2.53. The van der Waals surface area contributed by atoms with E-state index in [1.54, 1.807) is 19.3 Å². The summed E-state index contributed by atoms with van der Waals surface area (Å²) in [5.41, 5.74) is 0.624. The van der Waals surface area contributed by atoms with E-state index in [-0.39, 0.29) is 0 Å². The van der Waals surface area contributed by atoms with Gasteiger partial charge < -0.3 is 5.32 Å². The summed E-state index contributed by atoms with van der Waals surface area (Å²) >= 11 is 0. The Morgan fingerprint density at radius 3 is 2.24 bits per heavy atom. The van der Waals surface area contributed by atoms with E-state index >= 15 is 0 Å². The summed E-state index contributed by atoms with van der Waals surface area (Å²) in [6, 6.07) is 0.754. The average molecular weight is 290 g/mol. The second-order valence-electron chi connectivity index (χ2n) is 9.00. The van der Waals surface area contributed by atoms with Gasteiger partial charge in [0, 0.05) is 24.7 Å². The Balaban J connectivity index is 1.53. The molecular weight excluding hydrogens is 256 g/mol. The topological polar surface area (TPSA) is 15.3 Å². The molecule has 0 amide bonds. The van der Waals surface area contributed by atoms with Gasteiger partial charge in [0.05, 0.1) is 0 Å². The number of nitrogens with zero attached hydrogens (tertiary/aromatic N) is 1. The zero-order chi connectivity index (χ0) is 14.4. The second-order valence-corrected chi connectivity index (χ2v) is 9.00. The third-order valence-electron chi connectivity index (χ3n) is 7.20. The first-order chi connectivity index (χ1) is 10.2. The summed E-state index contributed by atoms with van der Waals surface area (Å²) in [5, 5.41) is 3.79. The van der Waals surface area contributed by atoms with Crippen LogP contribution in [0.4, 0.5) is 0 Å². The molecule has 1 heterocycles. The van der Waals surface area contributed by atoms with Gasteiger partial charge in [-0.15, -0.1) is 0 Å². The van der Waals surface area contributed by atoms with Crippen LogP contribution in [0, 0.1) is 23.7 Å². The molecule has 4 aliphatic carbocycles. The van der Waals surface area contributed by atoms with Crippen molar-refractivity contribution in [1.82, 2.24) is 10.2 Å². The van der Waals surface area contributed by atoms with Crippen molar-refractivity contribution in [3.05, 3.63) is 0 Å². The van der Waals surface area contributed by atoms with Crippen LogP contribution >= 0.6 is 0 Å². The largest absolute Gasteiger partial charge is 0.314 e. The molecule has 0 radical (unpaired) electrons. The van der Waals surface area contributed by atoms with E-state index in [1.807, 2.05) is 0 Å². The molecule has 5 rings (SSSR count). The Labute approximate surface area is 131 Å². The molecule has 2 atom stereocenters. The summed E-state index contributed by atoms with van der Waals surface area (Å²) in [7, 11) is 0. The lowest BCUT2D eigenvalue weighted by atomic mass is 9.52. The maximum absolute atomic E-state index is 3.79. The van der Waals surface area contributed by atoms with Crippen LogP contribution in [0.15, 0.2) is 0 Å². The van der Waals surface area contributed by atoms with Gasteiger partial charge in [-0.05, 0) is 81.6 Å². The van der Waals surface area contributed by atoms with Crippen molar-refractivity contribution in [1.29, 1.82) is 0 Å². The van der Waals surface area contributed by atoms with E-state index in [4.69, 9.17) is 0 Å². The first-order valence-electron chi connectivity index (χ1n) is 9.65. The van der Waals surface area contributed by atoms with E-state index in [1.165, 1.54) is 51.7 Å². The molecule has 1 aliphatic heterocycles. The molecule has 2 unspecified atom stereocenters. The van der Waals surface area contributed by atoms with Gasteiger partial charge in [-0.1, -0.05) is 13.8 Å². The van der Waals surface area contributed by atoms with Gasteiger partial charge in [-0.25, -0.2) is 0 Å². The Hall–Kier alpha value is -0.0800. The Bertz CT molecular complexity index is 342. The summed E-state index contributed by atoms with van der Waals surface area (Å²) in [5.74, 6) is 4.05. The van der Waals surface area contributed by atoms with Crippen molar-refractivity contribution in [3.63, 3.8) is 0 Å². The molecule has 2 nitrogen and oxygen atoms in total. The molecule has 4 bridgehead atoms. The Kier molecular flexibility index (Phi) is 3.82. The fourth-order valence-corrected chi connectivity index (χ4v) is 6.55. The summed E-state index contributed by atoms with van der Waals surface area (Å²) < 4.78 is 0. The van der Waals surface area contributed by atoms with E-state index < -0.39 is 0 Å². The fraction of sp³-hybridized carbons (Fsp3) is 1.00. The van der Waals surface area contributed by atoms with Crippen molar-refractivity contribution in [2.24, 2.45) is 23.7 Å². The third kappa shape index (κ3) is 2.67. The van der Waals surface area contributed by atoms with Gasteiger partial charge in [0.2, 0.25) is 0 Å². The normalized spacial score (nSPS) is 50.9. The summed E-state index contributed by atoms with van der Waals surface area (Å²) in [6.07, 6.45) is 12.0. The first-order valence-corrected chi connectivity index (χ1v) is 9.65. The highest BCUT2D eigenvalue weighted by molar-refractivity contribution is 5.07. The van der Waals surface area contributed by atoms with Crippen molar-refractivity contribution >= 4 is 0 Å². The lowest BCUT2D eigenvalue weighted by Crippen LogP contribution is -2.62. The second kappa shape index (κ2) is 5.53. The van der Waals surface area contributed by atoms with Gasteiger partial charge in [0.25, 0.3) is 0 Å². The van der Waals surface area contributed by atoms with E-state index in [0.717, 1.165) is 29.7 Å². The SMILES string of the molecule is CCC1CCN(C23CC4CC(CC(C4)C2)C3)CC(C)CN1. The minimum Gasteiger partial charge on any atom is -0.314 e. The molecule has 4 saturated carbocycles. The van der Waals surface area contributed by atoms with Gasteiger partial charge in [-0.3, -0.25) is 4.90 Å². The van der Waals surface area contributed by atoms with Gasteiger partial charge in [0.1, 0.15) is 0 Å². The lowest BCUT2D eigenvalue weighted by molar-refractivity contribution is -0.0953. The van der Waals surface area contributed by atoms with Crippen molar-refractivity contribution in [2.45, 2.75) is 76.8 Å². The molecule has 0 spiro atoms. The van der Waals surface area contributed by atoms with Crippen molar-refractivity contribution in [3.8, 4) is 0 Å². The van der Waals surface area contributed by atoms with Crippen LogP contribution in [0.1, 0.15) is 65.2 Å². The lowest BCUT2D eigenvalue weighted by Gasteiger charge is -2.61. The van der Waals surface area contributed by atoms with Crippen LogP contribution in [-0.2, 0) is 0 Å². The van der Waals surface area contributed by atoms with Gasteiger partial charge >= 0.3 is 0 Å². The molecule has 0 aromatic heterocycles. The maximum atomic E-state index is 3.79. The molecule has 120 valence electrons. The Morgan fingerprint density at radius 1 is 1.05 bits per heavy atom. The maximum Gasteiger partial charge on any atom is 0.0217 e. The predicted molar refractivity (Wildman–Crippen MR) is 88.3 cm³/mol. The minimum atomic E-state index is 0.624. The summed E-state index contributed by atoms with van der Waals surface area (Å²) in [4.78, 5) is 2.99. The van der Waals surface area contributed by atoms with Crippen LogP contribution in [0.5, 0.6) is 0 Å². The van der Waals surface area contributed by atoms with Crippen molar-refractivity contribution in [2.75, 3.05) is 19.6 Å².